The number of anilines is 1. The van der Waals surface area contributed by atoms with Gasteiger partial charge in [0.15, 0.2) is 11.6 Å². The summed E-state index contributed by atoms with van der Waals surface area (Å²) in [5.74, 6) is -1.45. The number of carbonyl (C=O) groups excluding carboxylic acids is 1. The first-order valence-electron chi connectivity index (χ1n) is 7.03. The number of ether oxygens (including phenoxy) is 2. The first-order valence-corrected chi connectivity index (χ1v) is 7.03. The normalized spacial score (nSPS) is 16.6. The van der Waals surface area contributed by atoms with Crippen LogP contribution in [0.3, 0.4) is 0 Å². The van der Waals surface area contributed by atoms with Crippen LogP contribution >= 0.6 is 0 Å². The minimum atomic E-state index is -0.853. The Morgan fingerprint density at radius 3 is 2.70 bits per heavy atom. The van der Waals surface area contributed by atoms with Crippen molar-refractivity contribution >= 4 is 17.3 Å². The van der Waals surface area contributed by atoms with Crippen LogP contribution in [0.1, 0.15) is 12.8 Å². The number of methoxy groups -OCH3 is 1. The molecule has 3 N–H and O–H groups in total. The van der Waals surface area contributed by atoms with Crippen LogP contribution in [0.4, 0.5) is 15.8 Å². The molecule has 0 spiro atoms. The van der Waals surface area contributed by atoms with Gasteiger partial charge in [-0.05, 0) is 12.8 Å². The summed E-state index contributed by atoms with van der Waals surface area (Å²) in [5.41, 5.74) is 4.27. The highest BCUT2D eigenvalue weighted by atomic mass is 19.1. The number of halogens is 1. The molecule has 0 saturated carbocycles. The van der Waals surface area contributed by atoms with E-state index < -0.39 is 27.8 Å². The number of nitro groups is 1. The molecule has 8 nitrogen and oxygen atoms in total. The molecule has 0 radical (unpaired) electrons. The van der Waals surface area contributed by atoms with Gasteiger partial charge in [0.2, 0.25) is 5.91 Å². The molecule has 1 aliphatic rings. The second-order valence-corrected chi connectivity index (χ2v) is 5.37. The summed E-state index contributed by atoms with van der Waals surface area (Å²) in [7, 11) is 1.26. The van der Waals surface area contributed by atoms with Crippen LogP contribution in [0.2, 0.25) is 0 Å². The molecule has 0 bridgehead atoms. The molecule has 23 heavy (non-hydrogen) atoms. The number of carbonyl (C=O) groups is 1. The van der Waals surface area contributed by atoms with Crippen LogP contribution in [0.5, 0.6) is 5.75 Å². The van der Waals surface area contributed by atoms with Crippen LogP contribution in [0.25, 0.3) is 0 Å². The molecule has 1 aromatic carbocycles. The third kappa shape index (κ3) is 3.50. The zero-order chi connectivity index (χ0) is 17.0. The molecule has 1 amide bonds. The van der Waals surface area contributed by atoms with Crippen LogP contribution in [0, 0.1) is 21.3 Å². The molecule has 1 fully saturated rings. The molecule has 9 heteroatoms. The summed E-state index contributed by atoms with van der Waals surface area (Å²) < 4.78 is 23.7. The molecule has 1 saturated heterocycles. The number of rotatable bonds is 6. The maximum Gasteiger partial charge on any atom is 0.295 e. The van der Waals surface area contributed by atoms with Crippen molar-refractivity contribution in [3.8, 4) is 5.75 Å². The molecule has 1 heterocycles. The molecule has 0 aliphatic carbocycles. The highest BCUT2D eigenvalue weighted by molar-refractivity contribution is 5.82. The summed E-state index contributed by atoms with van der Waals surface area (Å²) in [6.45, 7) is 0.875. The van der Waals surface area contributed by atoms with E-state index in [0.29, 0.717) is 26.1 Å². The van der Waals surface area contributed by atoms with Gasteiger partial charge in [0.1, 0.15) is 5.69 Å². The van der Waals surface area contributed by atoms with Crippen LogP contribution < -0.4 is 15.8 Å². The van der Waals surface area contributed by atoms with Gasteiger partial charge in [-0.1, -0.05) is 0 Å². The molecule has 2 rings (SSSR count). The monoisotopic (exact) mass is 327 g/mol. The van der Waals surface area contributed by atoms with Crippen molar-refractivity contribution in [1.29, 1.82) is 0 Å². The van der Waals surface area contributed by atoms with Crippen molar-refractivity contribution in [1.82, 2.24) is 0 Å². The third-order valence-corrected chi connectivity index (χ3v) is 4.06. The van der Waals surface area contributed by atoms with E-state index in [9.17, 15) is 19.3 Å². The van der Waals surface area contributed by atoms with Gasteiger partial charge in [0.05, 0.1) is 23.5 Å². The van der Waals surface area contributed by atoms with E-state index in [1.54, 1.807) is 0 Å². The van der Waals surface area contributed by atoms with Crippen LogP contribution in [0.15, 0.2) is 12.1 Å². The largest absolute Gasteiger partial charge is 0.494 e. The van der Waals surface area contributed by atoms with E-state index in [1.807, 2.05) is 0 Å². The lowest BCUT2D eigenvalue weighted by Gasteiger charge is -2.34. The van der Waals surface area contributed by atoms with Gasteiger partial charge in [0, 0.05) is 25.8 Å². The first kappa shape index (κ1) is 16.9. The van der Waals surface area contributed by atoms with Gasteiger partial charge in [-0.15, -0.1) is 0 Å². The Morgan fingerprint density at radius 2 is 2.17 bits per heavy atom. The predicted molar refractivity (Wildman–Crippen MR) is 79.8 cm³/mol. The van der Waals surface area contributed by atoms with E-state index in [4.69, 9.17) is 15.2 Å². The number of nitrogens with zero attached hydrogens (tertiary/aromatic N) is 1. The standard InChI is InChI=1S/C14H18FN3O5/c1-22-12-7-10(11(18(20)21)6-9(12)15)17-8-14(13(16)19)2-4-23-5-3-14/h6-7,17H,2-5,8H2,1H3,(H2,16,19). The molecule has 1 aliphatic heterocycles. The summed E-state index contributed by atoms with van der Waals surface area (Å²) in [6.07, 6.45) is 0.836. The fraction of sp³-hybridized carbons (Fsp3) is 0.500. The van der Waals surface area contributed by atoms with Gasteiger partial charge in [-0.25, -0.2) is 4.39 Å². The topological polar surface area (TPSA) is 117 Å². The molecule has 0 atom stereocenters. The van der Waals surface area contributed by atoms with E-state index in [0.717, 1.165) is 6.07 Å². The van der Waals surface area contributed by atoms with Crippen molar-refractivity contribution in [3.63, 3.8) is 0 Å². The average Bonchev–Trinajstić information content (AvgIpc) is 2.54. The highest BCUT2D eigenvalue weighted by Crippen LogP contribution is 2.35. The quantitative estimate of drug-likeness (QED) is 0.603. The van der Waals surface area contributed by atoms with Crippen molar-refractivity contribution in [2.75, 3.05) is 32.2 Å². The fourth-order valence-electron chi connectivity index (χ4n) is 2.53. The van der Waals surface area contributed by atoms with Crippen molar-refractivity contribution < 1.29 is 23.6 Å². The lowest BCUT2D eigenvalue weighted by atomic mass is 9.79. The van der Waals surface area contributed by atoms with Gasteiger partial charge >= 0.3 is 0 Å². The van der Waals surface area contributed by atoms with E-state index >= 15 is 0 Å². The van der Waals surface area contributed by atoms with Crippen molar-refractivity contribution in [2.24, 2.45) is 11.1 Å². The maximum atomic E-state index is 13.6. The molecular formula is C14H18FN3O5. The molecule has 0 unspecified atom stereocenters. The van der Waals surface area contributed by atoms with Crippen molar-refractivity contribution in [2.45, 2.75) is 12.8 Å². The Kier molecular flexibility index (Phi) is 4.99. The maximum absolute atomic E-state index is 13.6. The molecular weight excluding hydrogens is 309 g/mol. The molecule has 0 aromatic heterocycles. The molecule has 126 valence electrons. The lowest BCUT2D eigenvalue weighted by Crippen LogP contribution is -2.46. The van der Waals surface area contributed by atoms with E-state index in [1.165, 1.54) is 13.2 Å². The Bertz CT molecular complexity index is 617. The second-order valence-electron chi connectivity index (χ2n) is 5.37. The minimum Gasteiger partial charge on any atom is -0.494 e. The van der Waals surface area contributed by atoms with Gasteiger partial charge in [-0.3, -0.25) is 14.9 Å². The lowest BCUT2D eigenvalue weighted by molar-refractivity contribution is -0.384. The Morgan fingerprint density at radius 1 is 1.52 bits per heavy atom. The third-order valence-electron chi connectivity index (χ3n) is 4.06. The smallest absolute Gasteiger partial charge is 0.295 e. The molecule has 1 aromatic rings. The first-order chi connectivity index (χ1) is 10.9. The number of nitrogens with two attached hydrogens (primary N) is 1. The van der Waals surface area contributed by atoms with Crippen LogP contribution in [-0.2, 0) is 9.53 Å². The summed E-state index contributed by atoms with van der Waals surface area (Å²) in [6, 6.07) is 1.98. The Hall–Kier alpha value is -2.42. The minimum absolute atomic E-state index is 0.0698. The van der Waals surface area contributed by atoms with E-state index in [-0.39, 0.29) is 18.0 Å². The zero-order valence-corrected chi connectivity index (χ0v) is 12.6. The number of nitrogens with one attached hydrogen (secondary N) is 1. The number of nitro benzene ring substituents is 1. The predicted octanol–water partition coefficient (Wildman–Crippen LogP) is 1.44. The summed E-state index contributed by atoms with van der Waals surface area (Å²) in [5, 5.41) is 13.9. The number of hydrogen-bond acceptors (Lipinski definition) is 6. The number of benzene rings is 1. The Balaban J connectivity index is 2.27. The van der Waals surface area contributed by atoms with Crippen LogP contribution in [-0.4, -0.2) is 37.7 Å². The van der Waals surface area contributed by atoms with E-state index in [2.05, 4.69) is 5.32 Å². The summed E-state index contributed by atoms with van der Waals surface area (Å²) >= 11 is 0. The number of primary amides is 1. The SMILES string of the molecule is COc1cc(NCC2(C(N)=O)CCOCC2)c([N+](=O)[O-])cc1F. The van der Waals surface area contributed by atoms with Gasteiger partial charge < -0.3 is 20.5 Å². The average molecular weight is 327 g/mol. The Labute approximate surface area is 131 Å². The zero-order valence-electron chi connectivity index (χ0n) is 12.6. The number of hydrogen-bond donors (Lipinski definition) is 2. The number of amides is 1. The fourth-order valence-corrected chi connectivity index (χ4v) is 2.53. The van der Waals surface area contributed by atoms with Gasteiger partial charge in [-0.2, -0.15) is 0 Å². The second kappa shape index (κ2) is 6.78. The van der Waals surface area contributed by atoms with Gasteiger partial charge in [0.25, 0.3) is 5.69 Å². The van der Waals surface area contributed by atoms with Crippen molar-refractivity contribution in [3.05, 3.63) is 28.1 Å². The summed E-state index contributed by atoms with van der Waals surface area (Å²) in [4.78, 5) is 22.2. The highest BCUT2D eigenvalue weighted by Gasteiger charge is 2.38.